The zero-order valence-electron chi connectivity index (χ0n) is 26.2. The third-order valence-electron chi connectivity index (χ3n) is 10.4. The van der Waals surface area contributed by atoms with Crippen LogP contribution in [0.4, 0.5) is 11.4 Å². The molecule has 2 aliphatic heterocycles. The number of allylic oxidation sites excluding steroid dienone is 1. The summed E-state index contributed by atoms with van der Waals surface area (Å²) in [5, 5.41) is 0. The molecule has 0 spiro atoms. The minimum atomic E-state index is -1.43. The smallest absolute Gasteiger partial charge is 0.334 e. The second-order valence-electron chi connectivity index (χ2n) is 13.1. The zero-order chi connectivity index (χ0) is 31.4. The number of hydrogen-bond donors (Lipinski definition) is 0. The van der Waals surface area contributed by atoms with Crippen molar-refractivity contribution in [3.8, 4) is 0 Å². The summed E-state index contributed by atoms with van der Waals surface area (Å²) in [7, 11) is 0. The van der Waals surface area contributed by atoms with Crippen molar-refractivity contribution in [3.63, 3.8) is 0 Å². The van der Waals surface area contributed by atoms with Crippen LogP contribution in [0.5, 0.6) is 0 Å². The number of esters is 1. The largest absolute Gasteiger partial charge is 0.463 e. The van der Waals surface area contributed by atoms with Crippen molar-refractivity contribution >= 4 is 41.0 Å². The van der Waals surface area contributed by atoms with Crippen molar-refractivity contribution in [2.75, 3.05) is 16.4 Å². The molecule has 5 aliphatic rings. The third-order valence-corrected chi connectivity index (χ3v) is 10.4. The minimum absolute atomic E-state index is 0.111. The summed E-state index contributed by atoms with van der Waals surface area (Å²) in [6.07, 6.45) is 0. The van der Waals surface area contributed by atoms with E-state index in [1.54, 1.807) is 20.8 Å². The molecule has 3 fully saturated rings. The van der Waals surface area contributed by atoms with Crippen molar-refractivity contribution in [2.45, 2.75) is 62.3 Å². The standard InChI is InChI=1S/C35H38N2O6/c1-10-43-34(42)25-21(8)22-23-26(32(40)36(30(23)38)28-17(4)11-15(2)12-18(28)5)35(25,9)27-24(22)31(39)37(33(27)41)29-19(6)13-16(3)14-20(29)7/h11-14,22-24,26-27H,10H2,1-9H3/t22?,23-,24-,26+,27?,35?/m1/s1. The number of ether oxygens (including phenoxy) is 1. The molecule has 3 unspecified atom stereocenters. The van der Waals surface area contributed by atoms with Crippen LogP contribution in [0.25, 0.3) is 0 Å². The van der Waals surface area contributed by atoms with Gasteiger partial charge in [0.05, 0.1) is 41.7 Å². The first-order valence-corrected chi connectivity index (χ1v) is 15.0. The average molecular weight is 583 g/mol. The molecule has 8 heteroatoms. The minimum Gasteiger partial charge on any atom is -0.463 e. The molecule has 43 heavy (non-hydrogen) atoms. The first kappa shape index (κ1) is 29.0. The highest BCUT2D eigenvalue weighted by Crippen LogP contribution is 2.69. The zero-order valence-corrected chi connectivity index (χ0v) is 26.2. The van der Waals surface area contributed by atoms with E-state index in [1.807, 2.05) is 65.8 Å². The Morgan fingerprint density at radius 1 is 0.674 bits per heavy atom. The van der Waals surface area contributed by atoms with Crippen LogP contribution in [-0.4, -0.2) is 36.2 Å². The second kappa shape index (κ2) is 9.46. The highest BCUT2D eigenvalue weighted by atomic mass is 16.5. The molecule has 4 amide bonds. The van der Waals surface area contributed by atoms with Gasteiger partial charge in [0.15, 0.2) is 0 Å². The Morgan fingerprint density at radius 3 is 1.40 bits per heavy atom. The summed E-state index contributed by atoms with van der Waals surface area (Å²) >= 11 is 0. The van der Waals surface area contributed by atoms with Crippen LogP contribution in [0.2, 0.25) is 0 Å². The Kier molecular flexibility index (Phi) is 6.39. The fourth-order valence-electron chi connectivity index (χ4n) is 9.30. The normalized spacial score (nSPS) is 29.6. The van der Waals surface area contributed by atoms with E-state index in [4.69, 9.17) is 4.74 Å². The number of anilines is 2. The van der Waals surface area contributed by atoms with E-state index in [-0.39, 0.29) is 24.0 Å². The van der Waals surface area contributed by atoms with Crippen molar-refractivity contribution in [2.24, 2.45) is 35.0 Å². The lowest BCUT2D eigenvalue weighted by Crippen LogP contribution is -2.61. The number of benzene rings is 2. The van der Waals surface area contributed by atoms with Crippen LogP contribution in [0, 0.1) is 76.5 Å². The molecular formula is C35H38N2O6. The fourth-order valence-corrected chi connectivity index (χ4v) is 9.30. The number of aryl methyl sites for hydroxylation is 6. The monoisotopic (exact) mass is 582 g/mol. The first-order valence-electron chi connectivity index (χ1n) is 15.0. The van der Waals surface area contributed by atoms with Crippen LogP contribution in [-0.2, 0) is 28.7 Å². The van der Waals surface area contributed by atoms with E-state index in [0.29, 0.717) is 16.9 Å². The third kappa shape index (κ3) is 3.58. The van der Waals surface area contributed by atoms with Gasteiger partial charge in [-0.25, -0.2) is 14.6 Å². The highest BCUT2D eigenvalue weighted by Gasteiger charge is 2.77. The highest BCUT2D eigenvalue weighted by molar-refractivity contribution is 6.28. The molecule has 2 saturated heterocycles. The van der Waals surface area contributed by atoms with Crippen molar-refractivity contribution in [1.29, 1.82) is 0 Å². The van der Waals surface area contributed by atoms with Crippen LogP contribution in [0.3, 0.4) is 0 Å². The van der Waals surface area contributed by atoms with Crippen molar-refractivity contribution in [1.82, 2.24) is 0 Å². The predicted octanol–water partition coefficient (Wildman–Crippen LogP) is 4.98. The van der Waals surface area contributed by atoms with Gasteiger partial charge in [0.2, 0.25) is 23.6 Å². The molecule has 224 valence electrons. The number of imide groups is 2. The van der Waals surface area contributed by atoms with Gasteiger partial charge in [-0.3, -0.25) is 19.2 Å². The number of rotatable bonds is 4. The van der Waals surface area contributed by atoms with Gasteiger partial charge in [0.25, 0.3) is 0 Å². The van der Waals surface area contributed by atoms with Gasteiger partial charge < -0.3 is 4.74 Å². The van der Waals surface area contributed by atoms with Gasteiger partial charge >= 0.3 is 5.97 Å². The average Bonchev–Trinajstić information content (AvgIpc) is 3.30. The van der Waals surface area contributed by atoms with Gasteiger partial charge in [0.1, 0.15) is 0 Å². The molecule has 7 rings (SSSR count). The topological polar surface area (TPSA) is 101 Å². The van der Waals surface area contributed by atoms with E-state index in [0.717, 1.165) is 33.4 Å². The SMILES string of the molecule is CCOC(=O)C1=C(C)C2[C@H]3C(=O)N(c4c(C)cc(C)cc4C)C(=O)C3C1(C)[C@@H]1C(=O)N(c3c(C)cc(C)cc3C)C(=O)[C@H]21. The summed E-state index contributed by atoms with van der Waals surface area (Å²) < 4.78 is 5.50. The van der Waals surface area contributed by atoms with Crippen LogP contribution in [0.15, 0.2) is 35.4 Å². The maximum atomic E-state index is 14.6. The molecule has 2 bridgehead atoms. The predicted molar refractivity (Wildman–Crippen MR) is 161 cm³/mol. The van der Waals surface area contributed by atoms with Gasteiger partial charge in [0, 0.05) is 16.9 Å². The molecular weight excluding hydrogens is 544 g/mol. The lowest BCUT2D eigenvalue weighted by Gasteiger charge is -2.55. The lowest BCUT2D eigenvalue weighted by atomic mass is 9.43. The molecule has 6 atom stereocenters. The summed E-state index contributed by atoms with van der Waals surface area (Å²) in [6.45, 7) is 16.7. The Bertz CT molecular complexity index is 1570. The van der Waals surface area contributed by atoms with Crippen molar-refractivity contribution in [3.05, 3.63) is 68.8 Å². The maximum Gasteiger partial charge on any atom is 0.334 e. The first-order chi connectivity index (χ1) is 20.2. The number of nitrogens with zero attached hydrogens (tertiary/aromatic N) is 2. The number of carbonyl (C=O) groups excluding carboxylic acids is 5. The van der Waals surface area contributed by atoms with E-state index in [1.165, 1.54) is 9.80 Å². The van der Waals surface area contributed by atoms with Crippen LogP contribution < -0.4 is 9.80 Å². The van der Waals surface area contributed by atoms with Crippen LogP contribution >= 0.6 is 0 Å². The number of amides is 4. The molecule has 1 saturated carbocycles. The fraction of sp³-hybridized carbons (Fsp3) is 0.457. The van der Waals surface area contributed by atoms with E-state index >= 15 is 0 Å². The lowest BCUT2D eigenvalue weighted by molar-refractivity contribution is -0.155. The molecule has 0 radical (unpaired) electrons. The molecule has 2 aromatic carbocycles. The number of hydrogen-bond acceptors (Lipinski definition) is 6. The molecule has 8 nitrogen and oxygen atoms in total. The Balaban J connectivity index is 1.57. The van der Waals surface area contributed by atoms with Gasteiger partial charge in [-0.15, -0.1) is 0 Å². The Hall–Kier alpha value is -4.07. The quantitative estimate of drug-likeness (QED) is 0.373. The second-order valence-corrected chi connectivity index (χ2v) is 13.1. The summed E-state index contributed by atoms with van der Waals surface area (Å²) in [6, 6.07) is 7.72. The molecule has 3 aliphatic carbocycles. The molecule has 0 aromatic heterocycles. The van der Waals surface area contributed by atoms with Gasteiger partial charge in [-0.1, -0.05) is 47.9 Å². The summed E-state index contributed by atoms with van der Waals surface area (Å²) in [4.78, 5) is 74.2. The Morgan fingerprint density at radius 2 is 1.05 bits per heavy atom. The van der Waals surface area contributed by atoms with E-state index in [9.17, 15) is 24.0 Å². The van der Waals surface area contributed by atoms with Gasteiger partial charge in [-0.2, -0.15) is 0 Å². The maximum absolute atomic E-state index is 14.6. The summed E-state index contributed by atoms with van der Waals surface area (Å²) in [5.41, 5.74) is 5.61. The molecule has 2 heterocycles. The molecule has 2 aromatic rings. The molecule has 0 N–H and O–H groups in total. The van der Waals surface area contributed by atoms with Crippen LogP contribution in [0.1, 0.15) is 54.2 Å². The van der Waals surface area contributed by atoms with Crippen molar-refractivity contribution < 1.29 is 28.7 Å². The van der Waals surface area contributed by atoms with E-state index in [2.05, 4.69) is 0 Å². The Labute approximate surface area is 252 Å². The summed E-state index contributed by atoms with van der Waals surface area (Å²) in [5.74, 6) is -6.80. The van der Waals surface area contributed by atoms with Gasteiger partial charge in [-0.05, 0) is 77.6 Å². The van der Waals surface area contributed by atoms with E-state index < -0.39 is 52.8 Å². The number of carbonyl (C=O) groups is 5.